The van der Waals surface area contributed by atoms with Gasteiger partial charge in [-0.05, 0) is 30.7 Å². The lowest BCUT2D eigenvalue weighted by molar-refractivity contribution is 0.703. The van der Waals surface area contributed by atoms with E-state index in [0.29, 0.717) is 23.0 Å². The van der Waals surface area contributed by atoms with Gasteiger partial charge in [0.25, 0.3) is 0 Å². The Kier molecular flexibility index (Phi) is 4.06. The highest BCUT2D eigenvalue weighted by atomic mass is 35.5. The van der Waals surface area contributed by atoms with Gasteiger partial charge in [0.05, 0.1) is 30.2 Å². The molecular weight excluding hydrogens is 317 g/mol. The van der Waals surface area contributed by atoms with E-state index in [2.05, 4.69) is 11.2 Å². The molecule has 3 aromatic rings. The van der Waals surface area contributed by atoms with Crippen LogP contribution in [0.2, 0.25) is 10.0 Å². The minimum Gasteiger partial charge on any atom is -0.260 e. The molecule has 0 atom stereocenters. The zero-order valence-corrected chi connectivity index (χ0v) is 13.5. The summed E-state index contributed by atoms with van der Waals surface area (Å²) in [6.07, 6.45) is 0.382. The quantitative estimate of drug-likeness (QED) is 0.694. The average molecular weight is 330 g/mol. The Morgan fingerprint density at radius 1 is 1.18 bits per heavy atom. The SMILES string of the molecule is Cc1nn(Cc2c(Cl)cccc2Cl)c2cc(CC#N)ccc12. The molecule has 0 saturated heterocycles. The van der Waals surface area contributed by atoms with Crippen molar-refractivity contribution in [3.8, 4) is 6.07 Å². The minimum absolute atomic E-state index is 0.382. The van der Waals surface area contributed by atoms with E-state index in [1.54, 1.807) is 0 Å². The minimum atomic E-state index is 0.382. The van der Waals surface area contributed by atoms with Crippen LogP contribution in [0.4, 0.5) is 0 Å². The molecule has 0 bridgehead atoms. The van der Waals surface area contributed by atoms with E-state index in [1.165, 1.54) is 0 Å². The molecule has 0 spiro atoms. The monoisotopic (exact) mass is 329 g/mol. The maximum Gasteiger partial charge on any atom is 0.0696 e. The second-order valence-electron chi connectivity index (χ2n) is 5.13. The lowest BCUT2D eigenvalue weighted by Crippen LogP contribution is -2.03. The molecular formula is C17H13Cl2N3. The van der Waals surface area contributed by atoms with Crippen LogP contribution in [-0.2, 0) is 13.0 Å². The molecule has 0 fully saturated rings. The second kappa shape index (κ2) is 6.00. The lowest BCUT2D eigenvalue weighted by Gasteiger charge is -2.08. The van der Waals surface area contributed by atoms with Crippen LogP contribution in [0.3, 0.4) is 0 Å². The van der Waals surface area contributed by atoms with E-state index in [9.17, 15) is 0 Å². The molecule has 0 unspecified atom stereocenters. The molecule has 1 heterocycles. The first-order valence-electron chi connectivity index (χ1n) is 6.86. The predicted octanol–water partition coefficient (Wildman–Crippen LogP) is 4.77. The molecule has 0 saturated carbocycles. The third-order valence-corrected chi connectivity index (χ3v) is 4.36. The molecule has 110 valence electrons. The topological polar surface area (TPSA) is 41.6 Å². The molecule has 22 heavy (non-hydrogen) atoms. The fraction of sp³-hybridized carbons (Fsp3) is 0.176. The fourth-order valence-corrected chi connectivity index (χ4v) is 3.06. The third kappa shape index (κ3) is 2.68. The van der Waals surface area contributed by atoms with Gasteiger partial charge in [-0.25, -0.2) is 0 Å². The number of nitrogens with zero attached hydrogens (tertiary/aromatic N) is 3. The van der Waals surface area contributed by atoms with Gasteiger partial charge in [0.1, 0.15) is 0 Å². The highest BCUT2D eigenvalue weighted by molar-refractivity contribution is 6.36. The van der Waals surface area contributed by atoms with Crippen molar-refractivity contribution in [2.75, 3.05) is 0 Å². The van der Waals surface area contributed by atoms with Gasteiger partial charge < -0.3 is 0 Å². The maximum absolute atomic E-state index is 8.87. The van der Waals surface area contributed by atoms with E-state index in [1.807, 2.05) is 48.0 Å². The van der Waals surface area contributed by atoms with E-state index in [0.717, 1.165) is 27.7 Å². The summed E-state index contributed by atoms with van der Waals surface area (Å²) in [5, 5.41) is 15.8. The standard InChI is InChI=1S/C17H13Cl2N3/c1-11-13-6-5-12(7-8-20)9-17(13)22(21-11)10-14-15(18)3-2-4-16(14)19/h2-6,9H,7,10H2,1H3. The highest BCUT2D eigenvalue weighted by Crippen LogP contribution is 2.27. The Morgan fingerprint density at radius 3 is 2.59 bits per heavy atom. The van der Waals surface area contributed by atoms with Gasteiger partial charge in [-0.2, -0.15) is 10.4 Å². The number of nitriles is 1. The van der Waals surface area contributed by atoms with Crippen LogP contribution in [0.5, 0.6) is 0 Å². The summed E-state index contributed by atoms with van der Waals surface area (Å²) in [5.41, 5.74) is 3.75. The zero-order valence-electron chi connectivity index (χ0n) is 12.0. The van der Waals surface area contributed by atoms with E-state index in [4.69, 9.17) is 28.5 Å². The van der Waals surface area contributed by atoms with Gasteiger partial charge in [-0.1, -0.05) is 41.4 Å². The van der Waals surface area contributed by atoms with Gasteiger partial charge in [0.2, 0.25) is 0 Å². The van der Waals surface area contributed by atoms with Gasteiger partial charge >= 0.3 is 0 Å². The number of aromatic nitrogens is 2. The van der Waals surface area contributed by atoms with Crippen LogP contribution in [0, 0.1) is 18.3 Å². The summed E-state index contributed by atoms with van der Waals surface area (Å²) in [5.74, 6) is 0. The van der Waals surface area contributed by atoms with E-state index in [-0.39, 0.29) is 0 Å². The summed E-state index contributed by atoms with van der Waals surface area (Å²) in [6, 6.07) is 13.6. The molecule has 0 amide bonds. The smallest absolute Gasteiger partial charge is 0.0696 e. The van der Waals surface area contributed by atoms with Crippen molar-refractivity contribution in [2.24, 2.45) is 0 Å². The molecule has 1 aromatic heterocycles. The summed E-state index contributed by atoms with van der Waals surface area (Å²) < 4.78 is 1.89. The van der Waals surface area contributed by atoms with Crippen molar-refractivity contribution in [3.05, 3.63) is 63.3 Å². The first-order chi connectivity index (χ1) is 10.6. The molecule has 5 heteroatoms. The molecule has 2 aromatic carbocycles. The van der Waals surface area contributed by atoms with Crippen LogP contribution in [-0.4, -0.2) is 9.78 Å². The number of aryl methyl sites for hydroxylation is 1. The number of fused-ring (bicyclic) bond motifs is 1. The average Bonchev–Trinajstić information content (AvgIpc) is 2.80. The second-order valence-corrected chi connectivity index (χ2v) is 5.94. The number of benzene rings is 2. The normalized spacial score (nSPS) is 10.8. The number of hydrogen-bond acceptors (Lipinski definition) is 2. The molecule has 0 radical (unpaired) electrons. The van der Waals surface area contributed by atoms with Crippen molar-refractivity contribution in [2.45, 2.75) is 19.9 Å². The Labute approximate surface area is 138 Å². The van der Waals surface area contributed by atoms with Gasteiger partial charge in [-0.15, -0.1) is 0 Å². The van der Waals surface area contributed by atoms with Gasteiger partial charge in [-0.3, -0.25) is 4.68 Å². The third-order valence-electron chi connectivity index (χ3n) is 3.65. The van der Waals surface area contributed by atoms with Crippen LogP contribution < -0.4 is 0 Å². The Balaban J connectivity index is 2.11. The molecule has 3 rings (SSSR count). The molecule has 3 nitrogen and oxygen atoms in total. The Hall–Kier alpha value is -2.02. The van der Waals surface area contributed by atoms with Crippen molar-refractivity contribution >= 4 is 34.1 Å². The van der Waals surface area contributed by atoms with Crippen LogP contribution in [0.25, 0.3) is 10.9 Å². The number of rotatable bonds is 3. The Morgan fingerprint density at radius 2 is 1.91 bits per heavy atom. The van der Waals surface area contributed by atoms with Crippen molar-refractivity contribution < 1.29 is 0 Å². The zero-order chi connectivity index (χ0) is 15.7. The maximum atomic E-state index is 8.87. The van der Waals surface area contributed by atoms with Crippen LogP contribution in [0.15, 0.2) is 36.4 Å². The van der Waals surface area contributed by atoms with Crippen molar-refractivity contribution in [3.63, 3.8) is 0 Å². The fourth-order valence-electron chi connectivity index (χ4n) is 2.54. The molecule has 0 aliphatic heterocycles. The number of hydrogen-bond donors (Lipinski definition) is 0. The van der Waals surface area contributed by atoms with Crippen LogP contribution in [0.1, 0.15) is 16.8 Å². The predicted molar refractivity (Wildman–Crippen MR) is 89.4 cm³/mol. The van der Waals surface area contributed by atoms with Crippen molar-refractivity contribution in [1.82, 2.24) is 9.78 Å². The highest BCUT2D eigenvalue weighted by Gasteiger charge is 2.12. The largest absolute Gasteiger partial charge is 0.260 e. The lowest BCUT2D eigenvalue weighted by atomic mass is 10.1. The summed E-state index contributed by atoms with van der Waals surface area (Å²) in [7, 11) is 0. The first kappa shape index (κ1) is 14.9. The van der Waals surface area contributed by atoms with Crippen LogP contribution >= 0.6 is 23.2 Å². The Bertz CT molecular complexity index is 871. The van der Waals surface area contributed by atoms with Gasteiger partial charge in [0, 0.05) is 21.0 Å². The summed E-state index contributed by atoms with van der Waals surface area (Å²) >= 11 is 12.5. The molecule has 0 N–H and O–H groups in total. The van der Waals surface area contributed by atoms with E-state index < -0.39 is 0 Å². The van der Waals surface area contributed by atoms with Gasteiger partial charge in [0.15, 0.2) is 0 Å². The number of halogens is 2. The first-order valence-corrected chi connectivity index (χ1v) is 7.61. The van der Waals surface area contributed by atoms with E-state index >= 15 is 0 Å². The summed E-state index contributed by atoms with van der Waals surface area (Å²) in [4.78, 5) is 0. The molecule has 0 aliphatic rings. The summed E-state index contributed by atoms with van der Waals surface area (Å²) in [6.45, 7) is 2.47. The van der Waals surface area contributed by atoms with Crippen molar-refractivity contribution in [1.29, 1.82) is 5.26 Å². The molecule has 0 aliphatic carbocycles.